The van der Waals surface area contributed by atoms with Crippen molar-refractivity contribution in [3.8, 4) is 11.4 Å². The van der Waals surface area contributed by atoms with Gasteiger partial charge in [-0.2, -0.15) is 5.10 Å². The van der Waals surface area contributed by atoms with E-state index < -0.39 is 0 Å². The van der Waals surface area contributed by atoms with E-state index in [-0.39, 0.29) is 17.9 Å². The lowest BCUT2D eigenvalue weighted by atomic mass is 10.1. The van der Waals surface area contributed by atoms with Crippen molar-refractivity contribution in [2.45, 2.75) is 32.0 Å². The smallest absolute Gasteiger partial charge is 0.318 e. The highest BCUT2D eigenvalue weighted by atomic mass is 16.5. The molecule has 7 heteroatoms. The molecule has 2 amide bonds. The van der Waals surface area contributed by atoms with Gasteiger partial charge in [0.05, 0.1) is 18.3 Å². The van der Waals surface area contributed by atoms with E-state index >= 15 is 0 Å². The molecule has 1 unspecified atom stereocenters. The number of amides is 2. The van der Waals surface area contributed by atoms with E-state index in [9.17, 15) is 9.90 Å². The Morgan fingerprint density at radius 2 is 2.13 bits per heavy atom. The summed E-state index contributed by atoms with van der Waals surface area (Å²) in [7, 11) is 0. The van der Waals surface area contributed by atoms with E-state index in [0.29, 0.717) is 25.2 Å². The second-order valence-electron chi connectivity index (χ2n) is 7.42. The summed E-state index contributed by atoms with van der Waals surface area (Å²) >= 11 is 0. The van der Waals surface area contributed by atoms with Crippen LogP contribution in [-0.4, -0.2) is 45.1 Å². The molecule has 7 nitrogen and oxygen atoms in total. The van der Waals surface area contributed by atoms with Gasteiger partial charge in [-0.15, -0.1) is 0 Å². The number of hydrogen-bond acceptors (Lipinski definition) is 4. The van der Waals surface area contributed by atoms with E-state index in [2.05, 4.69) is 10.4 Å². The minimum absolute atomic E-state index is 0.0322. The standard InChI is InChI=1S/C23H26N4O3/c28-22-10-2-1-7-19(22)16-26(17-21-9-4-13-30-21)23(29)24-15-18-6-3-8-20(14-18)27-12-5-11-25-27/h1-3,5-8,10-12,14,21,28H,4,9,13,15-17H2,(H,24,29). The molecule has 156 valence electrons. The Labute approximate surface area is 175 Å². The predicted molar refractivity (Wildman–Crippen MR) is 113 cm³/mol. The Kier molecular flexibility index (Phi) is 6.29. The van der Waals surface area contributed by atoms with Crippen LogP contribution < -0.4 is 5.32 Å². The van der Waals surface area contributed by atoms with Crippen LogP contribution in [0.4, 0.5) is 4.79 Å². The molecular weight excluding hydrogens is 380 g/mol. The van der Waals surface area contributed by atoms with E-state index in [1.165, 1.54) is 0 Å². The molecule has 0 aliphatic carbocycles. The zero-order valence-corrected chi connectivity index (χ0v) is 16.8. The summed E-state index contributed by atoms with van der Waals surface area (Å²) < 4.78 is 7.51. The van der Waals surface area contributed by atoms with Crippen LogP contribution in [-0.2, 0) is 17.8 Å². The molecule has 0 saturated carbocycles. The second kappa shape index (κ2) is 9.45. The number of ether oxygens (including phenoxy) is 1. The molecule has 1 aliphatic rings. The number of hydrogen-bond donors (Lipinski definition) is 2. The molecule has 0 bridgehead atoms. The molecule has 30 heavy (non-hydrogen) atoms. The summed E-state index contributed by atoms with van der Waals surface area (Å²) in [4.78, 5) is 14.7. The van der Waals surface area contributed by atoms with Gasteiger partial charge in [0, 0.05) is 37.7 Å². The maximum atomic E-state index is 13.0. The molecule has 1 saturated heterocycles. The monoisotopic (exact) mass is 406 g/mol. The van der Waals surface area contributed by atoms with Crippen LogP contribution in [0.15, 0.2) is 67.0 Å². The van der Waals surface area contributed by atoms with Gasteiger partial charge in [-0.25, -0.2) is 9.48 Å². The fraction of sp³-hybridized carbons (Fsp3) is 0.304. The minimum Gasteiger partial charge on any atom is -0.508 e. The Hall–Kier alpha value is -3.32. The van der Waals surface area contributed by atoms with Crippen molar-refractivity contribution in [1.29, 1.82) is 0 Å². The van der Waals surface area contributed by atoms with Crippen LogP contribution >= 0.6 is 0 Å². The van der Waals surface area contributed by atoms with Crippen molar-refractivity contribution in [2.75, 3.05) is 13.2 Å². The zero-order chi connectivity index (χ0) is 20.8. The van der Waals surface area contributed by atoms with Crippen molar-refractivity contribution >= 4 is 6.03 Å². The average Bonchev–Trinajstić information content (AvgIpc) is 3.48. The number of nitrogens with one attached hydrogen (secondary N) is 1. The first kappa shape index (κ1) is 20.0. The maximum Gasteiger partial charge on any atom is 0.318 e. The first-order valence-corrected chi connectivity index (χ1v) is 10.2. The lowest BCUT2D eigenvalue weighted by Gasteiger charge is -2.26. The summed E-state index contributed by atoms with van der Waals surface area (Å²) in [6, 6.07) is 16.7. The summed E-state index contributed by atoms with van der Waals surface area (Å²) in [5, 5.41) is 17.4. The van der Waals surface area contributed by atoms with Gasteiger partial charge >= 0.3 is 6.03 Å². The highest BCUT2D eigenvalue weighted by molar-refractivity contribution is 5.74. The SMILES string of the molecule is O=C(NCc1cccc(-n2cccn2)c1)N(Cc1ccccc1O)CC1CCCO1. The molecule has 1 atom stereocenters. The zero-order valence-electron chi connectivity index (χ0n) is 16.8. The Bertz CT molecular complexity index is 968. The number of rotatable bonds is 7. The predicted octanol–water partition coefficient (Wildman–Crippen LogP) is 3.47. The minimum atomic E-state index is -0.182. The molecule has 2 N–H and O–H groups in total. The van der Waals surface area contributed by atoms with Crippen LogP contribution in [0.2, 0.25) is 0 Å². The van der Waals surface area contributed by atoms with Gasteiger partial charge in [-0.05, 0) is 42.7 Å². The van der Waals surface area contributed by atoms with Crippen LogP contribution in [0.5, 0.6) is 5.75 Å². The van der Waals surface area contributed by atoms with Crippen LogP contribution in [0.25, 0.3) is 5.69 Å². The van der Waals surface area contributed by atoms with Crippen LogP contribution in [0.1, 0.15) is 24.0 Å². The number of benzene rings is 2. The summed E-state index contributed by atoms with van der Waals surface area (Å²) in [5.41, 5.74) is 2.64. The van der Waals surface area contributed by atoms with Crippen LogP contribution in [0, 0.1) is 0 Å². The van der Waals surface area contributed by atoms with E-state index in [1.807, 2.05) is 48.7 Å². The molecule has 2 heterocycles. The molecule has 3 aromatic rings. The molecule has 1 fully saturated rings. The van der Waals surface area contributed by atoms with Gasteiger partial charge in [0.1, 0.15) is 5.75 Å². The number of aromatic hydroxyl groups is 1. The maximum absolute atomic E-state index is 13.0. The Morgan fingerprint density at radius 3 is 2.90 bits per heavy atom. The molecule has 1 aliphatic heterocycles. The van der Waals surface area contributed by atoms with Gasteiger partial charge in [0.15, 0.2) is 0 Å². The number of nitrogens with zero attached hydrogens (tertiary/aromatic N) is 3. The van der Waals surface area contributed by atoms with Gasteiger partial charge in [-0.3, -0.25) is 0 Å². The normalized spacial score (nSPS) is 15.8. The van der Waals surface area contributed by atoms with E-state index in [4.69, 9.17) is 4.74 Å². The fourth-order valence-corrected chi connectivity index (χ4v) is 3.62. The highest BCUT2D eigenvalue weighted by Gasteiger charge is 2.23. The molecule has 0 radical (unpaired) electrons. The second-order valence-corrected chi connectivity index (χ2v) is 7.42. The lowest BCUT2D eigenvalue weighted by Crippen LogP contribution is -2.43. The highest BCUT2D eigenvalue weighted by Crippen LogP contribution is 2.20. The number of phenolic OH excluding ortho intramolecular Hbond substituents is 1. The Balaban J connectivity index is 1.43. The van der Waals surface area contributed by atoms with Crippen molar-refractivity contribution in [2.24, 2.45) is 0 Å². The van der Waals surface area contributed by atoms with Gasteiger partial charge in [0.2, 0.25) is 0 Å². The van der Waals surface area contributed by atoms with E-state index in [0.717, 1.165) is 30.7 Å². The van der Waals surface area contributed by atoms with Crippen molar-refractivity contribution in [1.82, 2.24) is 20.0 Å². The number of carbonyl (C=O) groups excluding carboxylic acids is 1. The van der Waals surface area contributed by atoms with Crippen molar-refractivity contribution in [3.05, 3.63) is 78.1 Å². The largest absolute Gasteiger partial charge is 0.508 e. The number of para-hydroxylation sites is 1. The fourth-order valence-electron chi connectivity index (χ4n) is 3.62. The average molecular weight is 406 g/mol. The Morgan fingerprint density at radius 1 is 1.23 bits per heavy atom. The molecule has 1 aromatic heterocycles. The third-order valence-electron chi connectivity index (χ3n) is 5.21. The number of carbonyl (C=O) groups is 1. The summed E-state index contributed by atoms with van der Waals surface area (Å²) in [6.45, 7) is 1.95. The molecule has 0 spiro atoms. The van der Waals surface area contributed by atoms with Gasteiger partial charge < -0.3 is 20.1 Å². The van der Waals surface area contributed by atoms with E-state index in [1.54, 1.807) is 27.9 Å². The summed E-state index contributed by atoms with van der Waals surface area (Å²) in [5.74, 6) is 0.189. The molecular formula is C23H26N4O3. The van der Waals surface area contributed by atoms with Crippen molar-refractivity contribution in [3.63, 3.8) is 0 Å². The first-order valence-electron chi connectivity index (χ1n) is 10.2. The van der Waals surface area contributed by atoms with Gasteiger partial charge in [-0.1, -0.05) is 30.3 Å². The topological polar surface area (TPSA) is 79.6 Å². The summed E-state index contributed by atoms with van der Waals surface area (Å²) in [6.07, 6.45) is 5.60. The third kappa shape index (κ3) is 4.99. The number of urea groups is 1. The number of aromatic nitrogens is 2. The third-order valence-corrected chi connectivity index (χ3v) is 5.21. The van der Waals surface area contributed by atoms with Crippen LogP contribution in [0.3, 0.4) is 0 Å². The van der Waals surface area contributed by atoms with Gasteiger partial charge in [0.25, 0.3) is 0 Å². The first-order chi connectivity index (χ1) is 14.7. The molecule has 2 aromatic carbocycles. The quantitative estimate of drug-likeness (QED) is 0.630. The lowest BCUT2D eigenvalue weighted by molar-refractivity contribution is 0.0792. The molecule has 4 rings (SSSR count). The number of phenols is 1. The van der Waals surface area contributed by atoms with Crippen molar-refractivity contribution < 1.29 is 14.6 Å².